The number of amides is 1. The van der Waals surface area contributed by atoms with Crippen LogP contribution in [0, 0.1) is 6.92 Å². The molecule has 16 heavy (non-hydrogen) atoms. The van der Waals surface area contributed by atoms with Gasteiger partial charge in [-0.3, -0.25) is 9.48 Å². The fraction of sp³-hybridized carbons (Fsp3) is 0.636. The van der Waals surface area contributed by atoms with Crippen LogP contribution < -0.4 is 10.6 Å². The SMILES string of the molecule is Cc1c(NC(=O)[C@H]2CCCCN2)cnn1C. The summed E-state index contributed by atoms with van der Waals surface area (Å²) in [5.74, 6) is 0.0517. The average Bonchev–Trinajstić information content (AvgIpc) is 2.62. The second kappa shape index (κ2) is 4.65. The van der Waals surface area contributed by atoms with Crippen molar-refractivity contribution in [1.82, 2.24) is 15.1 Å². The van der Waals surface area contributed by atoms with Gasteiger partial charge in [0.15, 0.2) is 0 Å². The number of piperidine rings is 1. The molecule has 5 heteroatoms. The predicted molar refractivity (Wildman–Crippen MR) is 62.2 cm³/mol. The van der Waals surface area contributed by atoms with E-state index in [1.165, 1.54) is 0 Å². The summed E-state index contributed by atoms with van der Waals surface area (Å²) in [5, 5.41) is 10.2. The maximum absolute atomic E-state index is 11.9. The summed E-state index contributed by atoms with van der Waals surface area (Å²) in [6, 6.07) is -0.0478. The van der Waals surface area contributed by atoms with Gasteiger partial charge in [0.2, 0.25) is 5.91 Å². The van der Waals surface area contributed by atoms with Gasteiger partial charge < -0.3 is 10.6 Å². The molecule has 1 aromatic heterocycles. The number of anilines is 1. The Morgan fingerprint density at radius 2 is 2.44 bits per heavy atom. The van der Waals surface area contributed by atoms with E-state index in [9.17, 15) is 4.79 Å². The van der Waals surface area contributed by atoms with E-state index in [-0.39, 0.29) is 11.9 Å². The fourth-order valence-corrected chi connectivity index (χ4v) is 1.92. The number of rotatable bonds is 2. The molecule has 1 saturated heterocycles. The molecule has 2 N–H and O–H groups in total. The van der Waals surface area contributed by atoms with E-state index in [2.05, 4.69) is 15.7 Å². The first-order chi connectivity index (χ1) is 7.68. The molecule has 1 amide bonds. The molecule has 2 rings (SSSR count). The van der Waals surface area contributed by atoms with Gasteiger partial charge in [-0.05, 0) is 26.3 Å². The van der Waals surface area contributed by atoms with Crippen LogP contribution in [0.3, 0.4) is 0 Å². The van der Waals surface area contributed by atoms with Gasteiger partial charge in [-0.15, -0.1) is 0 Å². The van der Waals surface area contributed by atoms with Gasteiger partial charge in [-0.1, -0.05) is 6.42 Å². The van der Waals surface area contributed by atoms with Crippen molar-refractivity contribution in [2.24, 2.45) is 7.05 Å². The van der Waals surface area contributed by atoms with Crippen molar-refractivity contribution >= 4 is 11.6 Å². The predicted octanol–water partition coefficient (Wildman–Crippen LogP) is 0.809. The smallest absolute Gasteiger partial charge is 0.241 e. The van der Waals surface area contributed by atoms with Crippen LogP contribution in [-0.2, 0) is 11.8 Å². The minimum atomic E-state index is -0.0478. The minimum Gasteiger partial charge on any atom is -0.322 e. The third-order valence-corrected chi connectivity index (χ3v) is 3.12. The lowest BCUT2D eigenvalue weighted by molar-refractivity contribution is -0.118. The van der Waals surface area contributed by atoms with Crippen LogP contribution in [-0.4, -0.2) is 28.3 Å². The highest BCUT2D eigenvalue weighted by Gasteiger charge is 2.21. The quantitative estimate of drug-likeness (QED) is 0.778. The van der Waals surface area contributed by atoms with E-state index in [4.69, 9.17) is 0 Å². The molecule has 0 bridgehead atoms. The number of nitrogens with one attached hydrogen (secondary N) is 2. The Kier molecular flexibility index (Phi) is 3.24. The first kappa shape index (κ1) is 11.1. The zero-order valence-corrected chi connectivity index (χ0v) is 9.79. The summed E-state index contributed by atoms with van der Waals surface area (Å²) in [6.07, 6.45) is 4.90. The number of aromatic nitrogens is 2. The zero-order chi connectivity index (χ0) is 11.5. The first-order valence-corrected chi connectivity index (χ1v) is 5.71. The summed E-state index contributed by atoms with van der Waals surface area (Å²) in [4.78, 5) is 11.9. The Morgan fingerprint density at radius 3 is 3.00 bits per heavy atom. The standard InChI is InChI=1S/C11H18N4O/c1-8-10(7-13-15(8)2)14-11(16)9-5-3-4-6-12-9/h7,9,12H,3-6H2,1-2H3,(H,14,16)/t9-/m1/s1. The Hall–Kier alpha value is -1.36. The normalized spacial score (nSPS) is 20.8. The van der Waals surface area contributed by atoms with E-state index in [1.54, 1.807) is 10.9 Å². The van der Waals surface area contributed by atoms with E-state index in [1.807, 2.05) is 14.0 Å². The van der Waals surface area contributed by atoms with E-state index in [0.29, 0.717) is 0 Å². The van der Waals surface area contributed by atoms with Crippen molar-refractivity contribution in [3.8, 4) is 0 Å². The Labute approximate surface area is 95.2 Å². The largest absolute Gasteiger partial charge is 0.322 e. The highest BCUT2D eigenvalue weighted by Crippen LogP contribution is 2.14. The van der Waals surface area contributed by atoms with Crippen molar-refractivity contribution in [2.45, 2.75) is 32.2 Å². The molecule has 1 aliphatic heterocycles. The molecular weight excluding hydrogens is 204 g/mol. The van der Waals surface area contributed by atoms with Gasteiger partial charge in [0.05, 0.1) is 23.6 Å². The zero-order valence-electron chi connectivity index (χ0n) is 9.79. The van der Waals surface area contributed by atoms with Crippen molar-refractivity contribution in [2.75, 3.05) is 11.9 Å². The minimum absolute atomic E-state index is 0.0478. The van der Waals surface area contributed by atoms with Crippen LogP contribution >= 0.6 is 0 Å². The maximum Gasteiger partial charge on any atom is 0.241 e. The molecule has 0 aliphatic carbocycles. The van der Waals surface area contributed by atoms with Crippen LogP contribution in [0.4, 0.5) is 5.69 Å². The molecule has 88 valence electrons. The third kappa shape index (κ3) is 2.24. The highest BCUT2D eigenvalue weighted by molar-refractivity contribution is 5.95. The number of carbonyl (C=O) groups is 1. The van der Waals surface area contributed by atoms with Gasteiger partial charge >= 0.3 is 0 Å². The number of hydrogen-bond acceptors (Lipinski definition) is 3. The Balaban J connectivity index is 1.98. The Bertz CT molecular complexity index is 379. The van der Waals surface area contributed by atoms with Crippen molar-refractivity contribution < 1.29 is 4.79 Å². The second-order valence-corrected chi connectivity index (χ2v) is 4.26. The fourth-order valence-electron chi connectivity index (χ4n) is 1.92. The van der Waals surface area contributed by atoms with Crippen LogP contribution in [0.25, 0.3) is 0 Å². The van der Waals surface area contributed by atoms with Gasteiger partial charge in [-0.25, -0.2) is 0 Å². The van der Waals surface area contributed by atoms with E-state index in [0.717, 1.165) is 37.2 Å². The van der Waals surface area contributed by atoms with Gasteiger partial charge in [0.1, 0.15) is 0 Å². The molecule has 0 aromatic carbocycles. The Morgan fingerprint density at radius 1 is 1.62 bits per heavy atom. The summed E-state index contributed by atoms with van der Waals surface area (Å²) in [7, 11) is 1.86. The molecule has 1 aromatic rings. The second-order valence-electron chi connectivity index (χ2n) is 4.26. The van der Waals surface area contributed by atoms with E-state index >= 15 is 0 Å². The number of carbonyl (C=O) groups excluding carboxylic acids is 1. The third-order valence-electron chi connectivity index (χ3n) is 3.12. The summed E-state index contributed by atoms with van der Waals surface area (Å²) < 4.78 is 1.75. The van der Waals surface area contributed by atoms with Gasteiger partial charge in [0, 0.05) is 7.05 Å². The van der Waals surface area contributed by atoms with Crippen LogP contribution in [0.1, 0.15) is 25.0 Å². The lowest BCUT2D eigenvalue weighted by Gasteiger charge is -2.22. The van der Waals surface area contributed by atoms with E-state index < -0.39 is 0 Å². The molecule has 2 heterocycles. The monoisotopic (exact) mass is 222 g/mol. The molecule has 0 spiro atoms. The topological polar surface area (TPSA) is 59.0 Å². The number of hydrogen-bond donors (Lipinski definition) is 2. The highest BCUT2D eigenvalue weighted by atomic mass is 16.2. The first-order valence-electron chi connectivity index (χ1n) is 5.71. The molecule has 1 atom stereocenters. The van der Waals surface area contributed by atoms with Crippen LogP contribution in [0.2, 0.25) is 0 Å². The lowest BCUT2D eigenvalue weighted by Crippen LogP contribution is -2.43. The molecule has 5 nitrogen and oxygen atoms in total. The summed E-state index contributed by atoms with van der Waals surface area (Å²) in [5.41, 5.74) is 1.78. The number of nitrogens with zero attached hydrogens (tertiary/aromatic N) is 2. The molecule has 1 fully saturated rings. The molecule has 0 saturated carbocycles. The molecule has 1 aliphatic rings. The average molecular weight is 222 g/mol. The molecular formula is C11H18N4O. The van der Waals surface area contributed by atoms with Crippen LogP contribution in [0.15, 0.2) is 6.20 Å². The molecule has 0 unspecified atom stereocenters. The van der Waals surface area contributed by atoms with Crippen molar-refractivity contribution in [3.05, 3.63) is 11.9 Å². The maximum atomic E-state index is 11.9. The number of aryl methyl sites for hydroxylation is 1. The summed E-state index contributed by atoms with van der Waals surface area (Å²) in [6.45, 7) is 2.88. The van der Waals surface area contributed by atoms with Crippen molar-refractivity contribution in [3.63, 3.8) is 0 Å². The molecule has 0 radical (unpaired) electrons. The van der Waals surface area contributed by atoms with Crippen LogP contribution in [0.5, 0.6) is 0 Å². The van der Waals surface area contributed by atoms with Crippen molar-refractivity contribution in [1.29, 1.82) is 0 Å². The van der Waals surface area contributed by atoms with Gasteiger partial charge in [-0.2, -0.15) is 5.10 Å². The summed E-state index contributed by atoms with van der Waals surface area (Å²) >= 11 is 0. The van der Waals surface area contributed by atoms with Gasteiger partial charge in [0.25, 0.3) is 0 Å². The lowest BCUT2D eigenvalue weighted by atomic mass is 10.0.